The summed E-state index contributed by atoms with van der Waals surface area (Å²) in [6.45, 7) is 9.49. The molecule has 0 aromatic carbocycles. The Morgan fingerprint density at radius 3 is 2.00 bits per heavy atom. The van der Waals surface area contributed by atoms with Gasteiger partial charge in [0.1, 0.15) is 12.4 Å². The van der Waals surface area contributed by atoms with E-state index in [-0.39, 0.29) is 44.2 Å². The third-order valence-electron chi connectivity index (χ3n) is 7.10. The molecular weight excluding hydrogens is 588 g/mol. The van der Waals surface area contributed by atoms with Crippen molar-refractivity contribution in [3.8, 4) is 0 Å². The van der Waals surface area contributed by atoms with Gasteiger partial charge in [-0.2, -0.15) is 0 Å². The number of nitrogens with zero attached hydrogens (tertiary/aromatic N) is 3. The molecule has 0 rings (SSSR count). The van der Waals surface area contributed by atoms with Gasteiger partial charge in [-0.1, -0.05) is 19.9 Å². The van der Waals surface area contributed by atoms with Crippen molar-refractivity contribution in [1.29, 1.82) is 0 Å². The molecule has 15 nitrogen and oxygen atoms in total. The molecule has 0 bridgehead atoms. The highest BCUT2D eigenvalue weighted by molar-refractivity contribution is 5.77. The van der Waals surface area contributed by atoms with E-state index in [9.17, 15) is 44.9 Å². The van der Waals surface area contributed by atoms with Gasteiger partial charge in [-0.25, -0.2) is 10.1 Å². The van der Waals surface area contributed by atoms with Gasteiger partial charge in [-0.15, -0.1) is 0 Å². The Morgan fingerprint density at radius 2 is 1.44 bits per heavy atom. The summed E-state index contributed by atoms with van der Waals surface area (Å²) >= 11 is 0. The van der Waals surface area contributed by atoms with Crippen LogP contribution in [-0.2, 0) is 19.2 Å². The summed E-state index contributed by atoms with van der Waals surface area (Å²) in [4.78, 5) is 46.1. The minimum absolute atomic E-state index is 0.00133. The van der Waals surface area contributed by atoms with Crippen LogP contribution in [0.15, 0.2) is 12.3 Å². The molecule has 9 N–H and O–H groups in total. The van der Waals surface area contributed by atoms with Crippen molar-refractivity contribution in [3.63, 3.8) is 0 Å². The van der Waals surface area contributed by atoms with Crippen LogP contribution in [0.5, 0.6) is 0 Å². The van der Waals surface area contributed by atoms with Crippen LogP contribution < -0.4 is 16.4 Å². The van der Waals surface area contributed by atoms with Gasteiger partial charge >= 0.3 is 0 Å². The van der Waals surface area contributed by atoms with E-state index in [2.05, 4.69) is 17.2 Å². The number of nitrogens with one attached hydrogen (secondary N) is 2. The third-order valence-corrected chi connectivity index (χ3v) is 7.10. The van der Waals surface area contributed by atoms with Gasteiger partial charge in [0, 0.05) is 71.0 Å². The van der Waals surface area contributed by atoms with Crippen LogP contribution >= 0.6 is 0 Å². The Morgan fingerprint density at radius 1 is 0.867 bits per heavy atom. The topological polar surface area (TPSA) is 229 Å². The number of carbonyl (C=O) groups is 4. The van der Waals surface area contributed by atoms with Crippen molar-refractivity contribution < 1.29 is 44.9 Å². The van der Waals surface area contributed by atoms with Gasteiger partial charge in [0.15, 0.2) is 0 Å². The minimum Gasteiger partial charge on any atom is -0.390 e. The fraction of sp³-hybridized carbons (Fsp3) is 0.800. The first-order valence-electron chi connectivity index (χ1n) is 15.7. The highest BCUT2D eigenvalue weighted by atomic mass is 16.5. The summed E-state index contributed by atoms with van der Waals surface area (Å²) in [5, 5.41) is 55.2. The first-order chi connectivity index (χ1) is 21.2. The molecule has 4 atom stereocenters. The zero-order chi connectivity index (χ0) is 34.8. The van der Waals surface area contributed by atoms with E-state index in [1.54, 1.807) is 11.8 Å². The Bertz CT molecular complexity index is 836. The number of hydrogen-bond acceptors (Lipinski definition) is 12. The zero-order valence-electron chi connectivity index (χ0n) is 27.7. The fourth-order valence-electron chi connectivity index (χ4n) is 3.91. The monoisotopic (exact) mass is 648 g/mol. The highest BCUT2D eigenvalue weighted by Gasteiger charge is 2.30. The van der Waals surface area contributed by atoms with Crippen molar-refractivity contribution in [2.24, 2.45) is 11.7 Å². The number of unbranched alkanes of at least 4 members (excludes halogenated alkanes) is 4. The number of hydrogen-bond donors (Lipinski definition) is 8. The van der Waals surface area contributed by atoms with Gasteiger partial charge in [0.05, 0.1) is 18.8 Å². The van der Waals surface area contributed by atoms with Crippen LogP contribution in [0, 0.1) is 5.92 Å². The molecule has 0 saturated heterocycles. The van der Waals surface area contributed by atoms with Crippen LogP contribution in [0.2, 0.25) is 0 Å². The Hall–Kier alpha value is -2.66. The Balaban J connectivity index is 0. The quantitative estimate of drug-likeness (QED) is 0.0283. The smallest absolute Gasteiger partial charge is 0.246 e. The first-order valence-corrected chi connectivity index (χ1v) is 15.7. The molecule has 3 amide bonds. The maximum Gasteiger partial charge on any atom is 0.246 e. The van der Waals surface area contributed by atoms with Crippen LogP contribution in [0.4, 0.5) is 0 Å². The number of carbonyl (C=O) groups excluding carboxylic acids is 4. The van der Waals surface area contributed by atoms with E-state index in [0.29, 0.717) is 24.3 Å². The standard InChI is InChI=1S/C19H38N4O3.C11H22N2O6/c1-17(21-14-8-6-9-15-22(4)18(2)24)11-12-19(25)23(26)16-10-5-7-13-20-3;1-7(10(17)11(18)8(15)5-12)6-13(19)9(16)3-2-4-14/h20-21,26H,1,5-16H2,2-4H3;4,7-8,10-11,15,17-19H,2-3,5-6,12H2,1H3. The normalized spacial score (nSPS) is 13.4. The largest absolute Gasteiger partial charge is 0.390 e. The maximum atomic E-state index is 11.9. The molecule has 45 heavy (non-hydrogen) atoms. The number of aldehydes is 1. The van der Waals surface area contributed by atoms with Crippen molar-refractivity contribution in [1.82, 2.24) is 25.7 Å². The summed E-state index contributed by atoms with van der Waals surface area (Å²) in [6, 6.07) is 0. The summed E-state index contributed by atoms with van der Waals surface area (Å²) in [7, 11) is 3.72. The number of rotatable bonds is 25. The molecule has 0 radical (unpaired) electrons. The molecule has 0 aromatic heterocycles. The van der Waals surface area contributed by atoms with Crippen molar-refractivity contribution in [3.05, 3.63) is 12.3 Å². The predicted molar refractivity (Wildman–Crippen MR) is 170 cm³/mol. The van der Waals surface area contributed by atoms with Crippen LogP contribution in [0.1, 0.15) is 78.1 Å². The molecule has 0 aliphatic rings. The van der Waals surface area contributed by atoms with E-state index >= 15 is 0 Å². The third kappa shape index (κ3) is 23.4. The molecule has 4 unspecified atom stereocenters. The zero-order valence-corrected chi connectivity index (χ0v) is 27.7. The Kier molecular flexibility index (Phi) is 27.3. The molecule has 0 spiro atoms. The lowest BCUT2D eigenvalue weighted by Gasteiger charge is -2.28. The van der Waals surface area contributed by atoms with Gasteiger partial charge in [0.2, 0.25) is 17.7 Å². The number of aliphatic hydroxyl groups excluding tert-OH is 3. The summed E-state index contributed by atoms with van der Waals surface area (Å²) in [6.07, 6.45) is 3.01. The second kappa shape index (κ2) is 27.6. The minimum atomic E-state index is -1.46. The molecule has 0 fully saturated rings. The average molecular weight is 649 g/mol. The number of amides is 3. The van der Waals surface area contributed by atoms with Crippen molar-refractivity contribution in [2.75, 3.05) is 53.4 Å². The number of aliphatic hydroxyl groups is 3. The van der Waals surface area contributed by atoms with Gasteiger partial charge < -0.3 is 41.4 Å². The molecule has 0 aliphatic heterocycles. The molecule has 0 heterocycles. The van der Waals surface area contributed by atoms with Crippen molar-refractivity contribution >= 4 is 24.0 Å². The maximum absolute atomic E-state index is 11.9. The summed E-state index contributed by atoms with van der Waals surface area (Å²) in [5.41, 5.74) is 5.97. The Labute approximate surface area is 268 Å². The second-order valence-corrected chi connectivity index (χ2v) is 11.2. The van der Waals surface area contributed by atoms with Crippen molar-refractivity contribution in [2.45, 2.75) is 96.4 Å². The van der Waals surface area contributed by atoms with E-state index < -0.39 is 30.1 Å². The highest BCUT2D eigenvalue weighted by Crippen LogP contribution is 2.12. The van der Waals surface area contributed by atoms with Gasteiger partial charge in [-0.3, -0.25) is 24.8 Å². The van der Waals surface area contributed by atoms with E-state index in [0.717, 1.165) is 68.9 Å². The molecule has 0 aromatic rings. The average Bonchev–Trinajstić information content (AvgIpc) is 3.02. The lowest BCUT2D eigenvalue weighted by atomic mass is 9.96. The van der Waals surface area contributed by atoms with Gasteiger partial charge in [0.25, 0.3) is 0 Å². The van der Waals surface area contributed by atoms with Gasteiger partial charge in [-0.05, 0) is 52.1 Å². The predicted octanol–water partition coefficient (Wildman–Crippen LogP) is -0.0132. The molecule has 15 heteroatoms. The molecule has 0 aliphatic carbocycles. The summed E-state index contributed by atoms with van der Waals surface area (Å²) in [5.74, 6) is -1.49. The van der Waals surface area contributed by atoms with Crippen LogP contribution in [-0.4, -0.2) is 136 Å². The lowest BCUT2D eigenvalue weighted by Crippen LogP contribution is -2.47. The van der Waals surface area contributed by atoms with E-state index in [1.807, 2.05) is 14.1 Å². The molecular formula is C30H60N6O9. The first kappa shape index (κ1) is 44.5. The lowest BCUT2D eigenvalue weighted by molar-refractivity contribution is -0.172. The molecule has 264 valence electrons. The summed E-state index contributed by atoms with van der Waals surface area (Å²) < 4.78 is 0. The molecule has 0 saturated carbocycles. The fourth-order valence-corrected chi connectivity index (χ4v) is 3.91. The van der Waals surface area contributed by atoms with E-state index in [4.69, 9.17) is 5.73 Å². The van der Waals surface area contributed by atoms with E-state index in [1.165, 1.54) is 6.92 Å². The number of hydroxylamine groups is 4. The number of nitrogens with two attached hydrogens (primary N) is 1. The van der Waals surface area contributed by atoms with Crippen LogP contribution in [0.25, 0.3) is 0 Å². The SMILES string of the molecule is C=C(CCC(=O)N(O)CCCCCNC)NCCCCCN(C)C(C)=O.CC(CN(O)C(=O)CCC=O)C(O)C(O)C(O)CN. The second-order valence-electron chi connectivity index (χ2n) is 11.2. The van der Waals surface area contributed by atoms with Crippen LogP contribution in [0.3, 0.4) is 0 Å². The number of allylic oxidation sites excluding steroid dienone is 1.